The van der Waals surface area contributed by atoms with Gasteiger partial charge < -0.3 is 70.2 Å². The molecule has 7 amide bonds. The Balaban J connectivity index is 5.34. The summed E-state index contributed by atoms with van der Waals surface area (Å²) < 4.78 is 0. The highest BCUT2D eigenvalue weighted by Gasteiger charge is 2.33. The van der Waals surface area contributed by atoms with Crippen LogP contribution in [0.3, 0.4) is 0 Å². The molecule has 0 unspecified atom stereocenters. The molecule has 0 aliphatic carbocycles. The zero-order valence-corrected chi connectivity index (χ0v) is 29.1. The molecule has 22 nitrogen and oxygen atoms in total. The molecule has 0 aliphatic rings. The Labute approximate surface area is 294 Å². The fourth-order valence-corrected chi connectivity index (χ4v) is 4.23. The van der Waals surface area contributed by atoms with Crippen LogP contribution in [0.5, 0.6) is 0 Å². The first-order valence-electron chi connectivity index (χ1n) is 16.1. The molecule has 0 fully saturated rings. The smallest absolute Gasteiger partial charge is 0.326 e. The molecular weight excluding hydrogens is 678 g/mol. The Morgan fingerprint density at radius 2 is 1.31 bits per heavy atom. The second-order valence-electron chi connectivity index (χ2n) is 12.1. The van der Waals surface area contributed by atoms with E-state index in [1.165, 1.54) is 13.8 Å². The fraction of sp³-hybridized carbons (Fsp3) is 0.690. The molecule has 0 heterocycles. The van der Waals surface area contributed by atoms with Gasteiger partial charge in [-0.25, -0.2) is 4.79 Å². The van der Waals surface area contributed by atoms with Crippen molar-refractivity contribution in [2.75, 3.05) is 19.7 Å². The maximum absolute atomic E-state index is 13.2. The van der Waals surface area contributed by atoms with E-state index in [4.69, 9.17) is 22.9 Å². The lowest BCUT2D eigenvalue weighted by Crippen LogP contribution is -2.60. The van der Waals surface area contributed by atoms with Crippen molar-refractivity contribution in [2.24, 2.45) is 33.8 Å². The number of nitrogens with one attached hydrogen (secondary N) is 6. The van der Waals surface area contributed by atoms with Crippen molar-refractivity contribution in [3.8, 4) is 0 Å². The third-order valence-corrected chi connectivity index (χ3v) is 7.01. The fourth-order valence-electron chi connectivity index (χ4n) is 4.23. The van der Waals surface area contributed by atoms with Gasteiger partial charge in [-0.15, -0.1) is 0 Å². The molecule has 0 radical (unpaired) electrons. The van der Waals surface area contributed by atoms with Gasteiger partial charge in [0.15, 0.2) is 5.96 Å². The van der Waals surface area contributed by atoms with Gasteiger partial charge in [0.25, 0.3) is 0 Å². The number of amides is 7. The second-order valence-corrected chi connectivity index (χ2v) is 12.1. The van der Waals surface area contributed by atoms with E-state index in [1.807, 2.05) is 0 Å². The SMILES string of the molecule is CC(C)C[C@H](NC(=O)[C@H](C)NC(=O)CNC(=O)[C@H](CO)NC(=O)[C@@H](N)CCC(N)=O)C(=O)N[C@H](C(=O)N[C@@H](CCCN=C(N)N)C(=O)O)[C@@H](C)O. The van der Waals surface area contributed by atoms with Crippen LogP contribution in [0, 0.1) is 5.92 Å². The molecule has 290 valence electrons. The normalized spacial score (nSPS) is 15.0. The third kappa shape index (κ3) is 19.0. The number of hydrogen-bond acceptors (Lipinski definition) is 12. The van der Waals surface area contributed by atoms with E-state index >= 15 is 0 Å². The highest BCUT2D eigenvalue weighted by molar-refractivity contribution is 5.96. The average Bonchev–Trinajstić information content (AvgIpc) is 3.03. The molecular formula is C29H53N11O11. The summed E-state index contributed by atoms with van der Waals surface area (Å²) in [6, 6.07) is -8.19. The molecule has 0 aromatic rings. The van der Waals surface area contributed by atoms with E-state index in [0.29, 0.717) is 0 Å². The number of aliphatic hydroxyl groups excluding tert-OH is 2. The van der Waals surface area contributed by atoms with Gasteiger partial charge in [-0.05, 0) is 45.4 Å². The van der Waals surface area contributed by atoms with Crippen molar-refractivity contribution >= 4 is 53.3 Å². The number of hydrogen-bond donors (Lipinski definition) is 13. The van der Waals surface area contributed by atoms with E-state index in [-0.39, 0.29) is 50.5 Å². The number of aliphatic hydroxyl groups is 2. The van der Waals surface area contributed by atoms with E-state index in [2.05, 4.69) is 36.9 Å². The van der Waals surface area contributed by atoms with Gasteiger partial charge in [-0.2, -0.15) is 0 Å². The van der Waals surface area contributed by atoms with Crippen molar-refractivity contribution in [2.45, 2.75) is 102 Å². The molecule has 0 spiro atoms. The Morgan fingerprint density at radius 3 is 1.82 bits per heavy atom. The van der Waals surface area contributed by atoms with Gasteiger partial charge in [0.05, 0.1) is 25.3 Å². The summed E-state index contributed by atoms with van der Waals surface area (Å²) in [7, 11) is 0. The minimum absolute atomic E-state index is 0.0610. The first-order chi connectivity index (χ1) is 23.7. The highest BCUT2D eigenvalue weighted by Crippen LogP contribution is 2.08. The van der Waals surface area contributed by atoms with Crippen molar-refractivity contribution in [1.29, 1.82) is 0 Å². The number of rotatable bonds is 24. The summed E-state index contributed by atoms with van der Waals surface area (Å²) in [4.78, 5) is 102. The maximum Gasteiger partial charge on any atom is 0.326 e. The van der Waals surface area contributed by atoms with Crippen LogP contribution in [-0.2, 0) is 38.4 Å². The number of guanidine groups is 1. The Kier molecular flexibility index (Phi) is 21.0. The third-order valence-electron chi connectivity index (χ3n) is 7.01. The van der Waals surface area contributed by atoms with Crippen molar-refractivity contribution in [3.05, 3.63) is 0 Å². The van der Waals surface area contributed by atoms with Crippen LogP contribution >= 0.6 is 0 Å². The van der Waals surface area contributed by atoms with Crippen LogP contribution < -0.4 is 54.8 Å². The number of aliphatic carboxylic acids is 1. The molecule has 7 atom stereocenters. The first kappa shape index (κ1) is 45.9. The zero-order valence-electron chi connectivity index (χ0n) is 29.1. The molecule has 17 N–H and O–H groups in total. The minimum atomic E-state index is -1.61. The summed E-state index contributed by atoms with van der Waals surface area (Å²) in [5.74, 6) is -7.78. The average molecular weight is 732 g/mol. The predicted molar refractivity (Wildman–Crippen MR) is 181 cm³/mol. The monoisotopic (exact) mass is 731 g/mol. The molecule has 0 aromatic carbocycles. The number of carboxylic acid groups (broad SMARTS) is 1. The number of aliphatic imine (C=N–C) groups is 1. The molecule has 0 aliphatic heterocycles. The van der Waals surface area contributed by atoms with Crippen molar-refractivity contribution < 1.29 is 53.7 Å². The Morgan fingerprint density at radius 1 is 0.725 bits per heavy atom. The Hall–Kier alpha value is -5.09. The maximum atomic E-state index is 13.2. The molecule has 0 aromatic heterocycles. The Bertz CT molecular complexity index is 1260. The number of nitrogens with zero attached hydrogens (tertiary/aromatic N) is 1. The molecule has 0 saturated heterocycles. The molecule has 0 bridgehead atoms. The lowest BCUT2D eigenvalue weighted by Gasteiger charge is -2.27. The number of carbonyl (C=O) groups is 8. The van der Waals surface area contributed by atoms with Crippen LogP contribution in [0.15, 0.2) is 4.99 Å². The van der Waals surface area contributed by atoms with Crippen molar-refractivity contribution in [3.63, 3.8) is 0 Å². The zero-order chi connectivity index (χ0) is 39.4. The van der Waals surface area contributed by atoms with E-state index in [9.17, 15) is 53.7 Å². The van der Waals surface area contributed by atoms with Crippen LogP contribution in [0.1, 0.15) is 59.8 Å². The first-order valence-corrected chi connectivity index (χ1v) is 16.1. The lowest BCUT2D eigenvalue weighted by atomic mass is 10.0. The second kappa shape index (κ2) is 23.3. The van der Waals surface area contributed by atoms with Crippen molar-refractivity contribution in [1.82, 2.24) is 31.9 Å². The van der Waals surface area contributed by atoms with Gasteiger partial charge in [-0.1, -0.05) is 13.8 Å². The van der Waals surface area contributed by atoms with Crippen LogP contribution in [0.25, 0.3) is 0 Å². The number of nitrogens with two attached hydrogens (primary N) is 4. The van der Waals surface area contributed by atoms with Gasteiger partial charge in [0, 0.05) is 13.0 Å². The topological polar surface area (TPSA) is 386 Å². The van der Waals surface area contributed by atoms with E-state index in [1.54, 1.807) is 13.8 Å². The summed E-state index contributed by atoms with van der Waals surface area (Å²) in [5.41, 5.74) is 21.1. The van der Waals surface area contributed by atoms with E-state index in [0.717, 1.165) is 0 Å². The lowest BCUT2D eigenvalue weighted by molar-refractivity contribution is -0.143. The largest absolute Gasteiger partial charge is 0.480 e. The standard InChI is InChI=1S/C29H53N11O11/c1-13(2)10-18(26(48)40-22(15(4)42)27(49)37-17(28(50)51)6-5-9-34-29(32)33)38-23(45)14(3)36-21(44)11-35-25(47)19(12-41)39-24(46)16(30)7-8-20(31)43/h13-19,22,41-42H,5-12,30H2,1-4H3,(H2,31,43)(H,35,47)(H,36,44)(H,37,49)(H,38,45)(H,39,46)(H,40,48)(H,50,51)(H4,32,33,34)/t14-,15+,16-,17-,18-,19-,22-/m0/s1. The molecule has 51 heavy (non-hydrogen) atoms. The van der Waals surface area contributed by atoms with E-state index < -0.39 is 103 Å². The van der Waals surface area contributed by atoms with Crippen LogP contribution in [0.2, 0.25) is 0 Å². The van der Waals surface area contributed by atoms with Gasteiger partial charge in [0.1, 0.15) is 30.2 Å². The minimum Gasteiger partial charge on any atom is -0.480 e. The van der Waals surface area contributed by atoms with Gasteiger partial charge >= 0.3 is 5.97 Å². The summed E-state index contributed by atoms with van der Waals surface area (Å²) in [6.45, 7) is 4.55. The van der Waals surface area contributed by atoms with Crippen LogP contribution in [0.4, 0.5) is 0 Å². The number of carboxylic acids is 1. The molecule has 0 saturated carbocycles. The summed E-state index contributed by atoms with van der Waals surface area (Å²) in [6.07, 6.45) is -1.57. The van der Waals surface area contributed by atoms with Crippen LogP contribution in [-0.4, -0.2) is 131 Å². The highest BCUT2D eigenvalue weighted by atomic mass is 16.4. The number of carbonyl (C=O) groups excluding carboxylic acids is 7. The predicted octanol–water partition coefficient (Wildman–Crippen LogP) is -6.30. The quantitative estimate of drug-likeness (QED) is 0.0250. The summed E-state index contributed by atoms with van der Waals surface area (Å²) >= 11 is 0. The molecule has 0 rings (SSSR count). The number of primary amides is 1. The summed E-state index contributed by atoms with van der Waals surface area (Å²) in [5, 5.41) is 43.0. The van der Waals surface area contributed by atoms with Gasteiger partial charge in [-0.3, -0.25) is 38.6 Å². The molecule has 22 heteroatoms. The van der Waals surface area contributed by atoms with Gasteiger partial charge in [0.2, 0.25) is 41.4 Å².